The van der Waals surface area contributed by atoms with Crippen LogP contribution in [-0.2, 0) is 14.3 Å². The fourth-order valence-electron chi connectivity index (χ4n) is 0.402. The van der Waals surface area contributed by atoms with E-state index in [4.69, 9.17) is 23.2 Å². The number of methoxy groups -OCH3 is 1. The van der Waals surface area contributed by atoms with Gasteiger partial charge in [-0.25, -0.2) is 0 Å². The van der Waals surface area contributed by atoms with Gasteiger partial charge in [0.1, 0.15) is 6.10 Å². The van der Waals surface area contributed by atoms with Crippen LogP contribution in [0.25, 0.3) is 0 Å². The molecule has 3 nitrogen and oxygen atoms in total. The third kappa shape index (κ3) is 3.82. The molecule has 0 rings (SSSR count). The Morgan fingerprint density at radius 1 is 1.50 bits per heavy atom. The molecule has 0 aliphatic rings. The molecule has 0 spiro atoms. The quantitative estimate of drug-likeness (QED) is 0.611. The van der Waals surface area contributed by atoms with Crippen molar-refractivity contribution in [3.05, 3.63) is 0 Å². The van der Waals surface area contributed by atoms with E-state index < -0.39 is 16.6 Å². The lowest BCUT2D eigenvalue weighted by Crippen LogP contribution is -2.20. The topological polar surface area (TPSA) is 43.4 Å². The summed E-state index contributed by atoms with van der Waals surface area (Å²) in [7, 11) is 1.28. The van der Waals surface area contributed by atoms with Gasteiger partial charge in [-0.1, -0.05) is 0 Å². The monoisotopic (exact) mass is 184 g/mol. The number of halogens is 2. The number of carbonyl (C=O) groups excluding carboxylic acids is 2. The Labute approximate surface area is 68.2 Å². The highest BCUT2D eigenvalue weighted by Crippen LogP contribution is 2.04. The summed E-state index contributed by atoms with van der Waals surface area (Å²) in [5, 5.41) is -1.35. The van der Waals surface area contributed by atoms with Gasteiger partial charge in [0, 0.05) is 7.11 Å². The fraction of sp³-hybridized carbons (Fsp3) is 0.600. The van der Waals surface area contributed by atoms with E-state index in [1.54, 1.807) is 0 Å². The molecule has 5 heteroatoms. The highest BCUT2D eigenvalue weighted by molar-refractivity contribution is 6.66. The summed E-state index contributed by atoms with van der Waals surface area (Å²) >= 11 is 9.98. The van der Waals surface area contributed by atoms with Crippen molar-refractivity contribution in [3.8, 4) is 0 Å². The molecule has 0 saturated carbocycles. The van der Waals surface area contributed by atoms with E-state index in [2.05, 4.69) is 4.74 Å². The molecule has 0 N–H and O–H groups in total. The van der Waals surface area contributed by atoms with Crippen LogP contribution in [0.4, 0.5) is 0 Å². The highest BCUT2D eigenvalue weighted by Gasteiger charge is 2.17. The van der Waals surface area contributed by atoms with Gasteiger partial charge in [-0.3, -0.25) is 9.59 Å². The number of hydrogen-bond acceptors (Lipinski definition) is 3. The Kier molecular flexibility index (Phi) is 4.60. The van der Waals surface area contributed by atoms with Crippen molar-refractivity contribution in [2.75, 3.05) is 7.11 Å². The third-order valence-electron chi connectivity index (χ3n) is 0.884. The lowest BCUT2D eigenvalue weighted by molar-refractivity contribution is -0.125. The summed E-state index contributed by atoms with van der Waals surface area (Å²) in [5.41, 5.74) is 0. The van der Waals surface area contributed by atoms with Gasteiger partial charge >= 0.3 is 0 Å². The van der Waals surface area contributed by atoms with Gasteiger partial charge in [0.25, 0.3) is 5.24 Å². The molecule has 0 radical (unpaired) electrons. The van der Waals surface area contributed by atoms with Crippen LogP contribution in [0.5, 0.6) is 0 Å². The number of rotatable bonds is 4. The SMILES string of the molecule is CO[C@H](CC(=O)Cl)C(=O)Cl. The molecule has 58 valence electrons. The molecule has 0 fully saturated rings. The summed E-state index contributed by atoms with van der Waals surface area (Å²) < 4.78 is 4.54. The Hall–Kier alpha value is -0.120. The first-order chi connectivity index (χ1) is 4.57. The van der Waals surface area contributed by atoms with Gasteiger partial charge in [-0.2, -0.15) is 0 Å². The zero-order chi connectivity index (χ0) is 8.15. The zero-order valence-electron chi connectivity index (χ0n) is 5.27. The summed E-state index contributed by atoms with van der Waals surface area (Å²) in [6, 6.07) is 0. The number of carbonyl (C=O) groups is 2. The molecule has 10 heavy (non-hydrogen) atoms. The maximum atomic E-state index is 10.3. The van der Waals surface area contributed by atoms with Crippen molar-refractivity contribution in [2.45, 2.75) is 12.5 Å². The van der Waals surface area contributed by atoms with Crippen LogP contribution in [0.3, 0.4) is 0 Å². The molecule has 0 aromatic rings. The summed E-state index contributed by atoms with van der Waals surface area (Å²) in [5.74, 6) is 0. The molecular weight excluding hydrogens is 179 g/mol. The second-order valence-corrected chi connectivity index (χ2v) is 2.38. The van der Waals surface area contributed by atoms with Gasteiger partial charge < -0.3 is 4.74 Å². The molecular formula is C5H6Cl2O3. The lowest BCUT2D eigenvalue weighted by Gasteiger charge is -2.05. The molecule has 0 aromatic heterocycles. The normalized spacial score (nSPS) is 12.7. The fourth-order valence-corrected chi connectivity index (χ4v) is 0.708. The van der Waals surface area contributed by atoms with Crippen molar-refractivity contribution in [2.24, 2.45) is 0 Å². The van der Waals surface area contributed by atoms with Crippen LogP contribution in [-0.4, -0.2) is 23.7 Å². The van der Waals surface area contributed by atoms with Gasteiger partial charge in [0.05, 0.1) is 6.42 Å². The molecule has 0 amide bonds. The van der Waals surface area contributed by atoms with Crippen molar-refractivity contribution in [1.82, 2.24) is 0 Å². The first-order valence-corrected chi connectivity index (χ1v) is 3.24. The molecule has 0 heterocycles. The van der Waals surface area contributed by atoms with Crippen LogP contribution < -0.4 is 0 Å². The second-order valence-electron chi connectivity index (χ2n) is 1.59. The predicted molar refractivity (Wildman–Crippen MR) is 37.1 cm³/mol. The molecule has 0 bridgehead atoms. The first kappa shape index (κ1) is 9.88. The van der Waals surface area contributed by atoms with Crippen molar-refractivity contribution < 1.29 is 14.3 Å². The maximum absolute atomic E-state index is 10.3. The highest BCUT2D eigenvalue weighted by atomic mass is 35.5. The van der Waals surface area contributed by atoms with Gasteiger partial charge in [0.2, 0.25) is 5.24 Å². The Bertz CT molecular complexity index is 146. The number of hydrogen-bond donors (Lipinski definition) is 0. The van der Waals surface area contributed by atoms with Crippen LogP contribution >= 0.6 is 23.2 Å². The van der Waals surface area contributed by atoms with E-state index in [0.717, 1.165) is 0 Å². The van der Waals surface area contributed by atoms with Crippen molar-refractivity contribution in [1.29, 1.82) is 0 Å². The Morgan fingerprint density at radius 3 is 2.10 bits per heavy atom. The van der Waals surface area contributed by atoms with E-state index in [-0.39, 0.29) is 6.42 Å². The van der Waals surface area contributed by atoms with Crippen LogP contribution in [0.2, 0.25) is 0 Å². The molecule has 0 saturated heterocycles. The third-order valence-corrected chi connectivity index (χ3v) is 1.28. The Balaban J connectivity index is 3.83. The van der Waals surface area contributed by atoms with E-state index in [0.29, 0.717) is 0 Å². The molecule has 0 unspecified atom stereocenters. The average Bonchev–Trinajstić information content (AvgIpc) is 1.81. The number of ether oxygens (including phenoxy) is 1. The van der Waals surface area contributed by atoms with Gasteiger partial charge in [-0.15, -0.1) is 0 Å². The van der Waals surface area contributed by atoms with E-state index in [1.165, 1.54) is 7.11 Å². The van der Waals surface area contributed by atoms with Crippen LogP contribution in [0.15, 0.2) is 0 Å². The largest absolute Gasteiger partial charge is 0.372 e. The van der Waals surface area contributed by atoms with Gasteiger partial charge in [0.15, 0.2) is 0 Å². The van der Waals surface area contributed by atoms with E-state index in [1.807, 2.05) is 0 Å². The zero-order valence-corrected chi connectivity index (χ0v) is 6.78. The molecule has 1 atom stereocenters. The second kappa shape index (κ2) is 4.66. The minimum Gasteiger partial charge on any atom is -0.372 e. The van der Waals surface area contributed by atoms with Gasteiger partial charge in [-0.05, 0) is 23.2 Å². The van der Waals surface area contributed by atoms with E-state index >= 15 is 0 Å². The lowest BCUT2D eigenvalue weighted by atomic mass is 10.3. The minimum atomic E-state index is -0.910. The Morgan fingerprint density at radius 2 is 2.00 bits per heavy atom. The predicted octanol–water partition coefficient (Wildman–Crippen LogP) is 0.922. The molecule has 0 aromatic carbocycles. The van der Waals surface area contributed by atoms with Crippen molar-refractivity contribution >= 4 is 33.7 Å². The average molecular weight is 185 g/mol. The maximum Gasteiger partial charge on any atom is 0.250 e. The van der Waals surface area contributed by atoms with Crippen LogP contribution in [0.1, 0.15) is 6.42 Å². The van der Waals surface area contributed by atoms with E-state index in [9.17, 15) is 9.59 Å². The standard InChI is InChI=1S/C5H6Cl2O3/c1-10-3(5(7)9)2-4(6)8/h3H,2H2,1H3/t3-/m1/s1. The minimum absolute atomic E-state index is 0.180. The smallest absolute Gasteiger partial charge is 0.250 e. The molecule has 0 aliphatic carbocycles. The molecule has 0 aliphatic heterocycles. The first-order valence-electron chi connectivity index (χ1n) is 2.48. The van der Waals surface area contributed by atoms with Crippen molar-refractivity contribution in [3.63, 3.8) is 0 Å². The summed E-state index contributed by atoms with van der Waals surface area (Å²) in [4.78, 5) is 20.5. The summed E-state index contributed by atoms with van der Waals surface area (Å²) in [6.45, 7) is 0. The summed E-state index contributed by atoms with van der Waals surface area (Å²) in [6.07, 6.45) is -1.09. The van der Waals surface area contributed by atoms with Crippen LogP contribution in [0, 0.1) is 0 Å².